The highest BCUT2D eigenvalue weighted by Gasteiger charge is 2.28. The second kappa shape index (κ2) is 4.77. The van der Waals surface area contributed by atoms with Gasteiger partial charge in [0, 0.05) is 6.61 Å². The summed E-state index contributed by atoms with van der Waals surface area (Å²) >= 11 is 0. The Balaban J connectivity index is 2.06. The normalized spacial score (nSPS) is 31.5. The number of benzene rings is 1. The van der Waals surface area contributed by atoms with E-state index in [4.69, 9.17) is 4.74 Å². The molecule has 0 spiro atoms. The molecule has 0 bridgehead atoms. The average Bonchev–Trinajstić information content (AvgIpc) is 2.31. The zero-order valence-electron chi connectivity index (χ0n) is 9.10. The van der Waals surface area contributed by atoms with Crippen LogP contribution in [0.3, 0.4) is 0 Å². The van der Waals surface area contributed by atoms with Crippen LogP contribution in [0.15, 0.2) is 30.3 Å². The van der Waals surface area contributed by atoms with Crippen LogP contribution in [-0.4, -0.2) is 18.3 Å². The first-order valence-corrected chi connectivity index (χ1v) is 5.58. The lowest BCUT2D eigenvalue weighted by Crippen LogP contribution is -2.29. The van der Waals surface area contributed by atoms with Gasteiger partial charge >= 0.3 is 0 Å². The van der Waals surface area contributed by atoms with Crippen molar-refractivity contribution < 1.29 is 9.84 Å². The molecule has 1 aliphatic heterocycles. The van der Waals surface area contributed by atoms with Crippen LogP contribution in [0.25, 0.3) is 0 Å². The molecule has 0 saturated carbocycles. The van der Waals surface area contributed by atoms with E-state index in [-0.39, 0.29) is 12.7 Å². The van der Waals surface area contributed by atoms with Gasteiger partial charge in [0.1, 0.15) is 0 Å². The first kappa shape index (κ1) is 10.7. The molecule has 1 N–H and O–H groups in total. The second-order valence-electron chi connectivity index (χ2n) is 4.39. The van der Waals surface area contributed by atoms with Gasteiger partial charge in [0.15, 0.2) is 0 Å². The Bertz CT molecular complexity index is 297. The molecule has 1 aromatic rings. The summed E-state index contributed by atoms with van der Waals surface area (Å²) in [4.78, 5) is 0. The van der Waals surface area contributed by atoms with E-state index in [1.54, 1.807) is 0 Å². The summed E-state index contributed by atoms with van der Waals surface area (Å²) < 4.78 is 5.80. The molecule has 0 aromatic heterocycles. The summed E-state index contributed by atoms with van der Waals surface area (Å²) in [6.45, 7) is 3.17. The molecule has 1 aliphatic rings. The van der Waals surface area contributed by atoms with Crippen molar-refractivity contribution in [3.05, 3.63) is 35.9 Å². The van der Waals surface area contributed by atoms with Crippen molar-refractivity contribution in [1.82, 2.24) is 0 Å². The average molecular weight is 206 g/mol. The Morgan fingerprint density at radius 1 is 1.33 bits per heavy atom. The summed E-state index contributed by atoms with van der Waals surface area (Å²) in [6, 6.07) is 10.3. The van der Waals surface area contributed by atoms with Gasteiger partial charge in [0.2, 0.25) is 0 Å². The van der Waals surface area contributed by atoms with E-state index >= 15 is 0 Å². The Morgan fingerprint density at radius 2 is 2.07 bits per heavy atom. The quantitative estimate of drug-likeness (QED) is 0.805. The highest BCUT2D eigenvalue weighted by atomic mass is 16.5. The van der Waals surface area contributed by atoms with Gasteiger partial charge in [-0.2, -0.15) is 0 Å². The van der Waals surface area contributed by atoms with Crippen molar-refractivity contribution in [3.8, 4) is 0 Å². The summed E-state index contributed by atoms with van der Waals surface area (Å²) in [7, 11) is 0. The largest absolute Gasteiger partial charge is 0.396 e. The van der Waals surface area contributed by atoms with Crippen LogP contribution in [-0.2, 0) is 4.74 Å². The minimum absolute atomic E-state index is 0.166. The van der Waals surface area contributed by atoms with Crippen molar-refractivity contribution in [3.63, 3.8) is 0 Å². The number of ether oxygens (including phenoxy) is 1. The van der Waals surface area contributed by atoms with Gasteiger partial charge in [0.25, 0.3) is 0 Å². The van der Waals surface area contributed by atoms with E-state index in [0.29, 0.717) is 11.8 Å². The van der Waals surface area contributed by atoms with E-state index in [1.165, 1.54) is 5.56 Å². The molecule has 1 aromatic carbocycles. The maximum absolute atomic E-state index is 9.27. The molecule has 2 heteroatoms. The van der Waals surface area contributed by atoms with Gasteiger partial charge < -0.3 is 9.84 Å². The van der Waals surface area contributed by atoms with Crippen molar-refractivity contribution in [1.29, 1.82) is 0 Å². The van der Waals surface area contributed by atoms with E-state index < -0.39 is 0 Å². The molecule has 0 amide bonds. The Kier molecular flexibility index (Phi) is 3.39. The smallest absolute Gasteiger partial charge is 0.0828 e. The maximum atomic E-state index is 9.27. The first-order valence-electron chi connectivity index (χ1n) is 5.58. The molecule has 0 radical (unpaired) electrons. The van der Waals surface area contributed by atoms with E-state index in [2.05, 4.69) is 19.1 Å². The van der Waals surface area contributed by atoms with E-state index in [9.17, 15) is 5.11 Å². The summed E-state index contributed by atoms with van der Waals surface area (Å²) in [6.07, 6.45) is 1.10. The molecular formula is C13H18O2. The van der Waals surface area contributed by atoms with Crippen LogP contribution in [0.2, 0.25) is 0 Å². The summed E-state index contributed by atoms with van der Waals surface area (Å²) in [5, 5.41) is 9.27. The molecule has 3 atom stereocenters. The Labute approximate surface area is 90.9 Å². The fourth-order valence-corrected chi connectivity index (χ4v) is 2.13. The Hall–Kier alpha value is -0.860. The molecule has 1 saturated heterocycles. The standard InChI is InChI=1S/C13H18O2/c1-10-9-15-13(7-12(10)8-14)11-5-3-2-4-6-11/h2-6,10,12-14H,7-9H2,1H3/t10?,12-,13?/m0/s1. The predicted octanol–water partition coefficient (Wildman–Crippen LogP) is 2.39. The van der Waals surface area contributed by atoms with Crippen LogP contribution < -0.4 is 0 Å². The van der Waals surface area contributed by atoms with Crippen molar-refractivity contribution in [2.45, 2.75) is 19.4 Å². The highest BCUT2D eigenvalue weighted by Crippen LogP contribution is 2.34. The molecule has 2 unspecified atom stereocenters. The van der Waals surface area contributed by atoms with Crippen LogP contribution in [0, 0.1) is 11.8 Å². The highest BCUT2D eigenvalue weighted by molar-refractivity contribution is 5.18. The van der Waals surface area contributed by atoms with Gasteiger partial charge in [-0.3, -0.25) is 0 Å². The summed E-state index contributed by atoms with van der Waals surface area (Å²) in [5.41, 5.74) is 1.22. The van der Waals surface area contributed by atoms with Crippen LogP contribution in [0.1, 0.15) is 25.0 Å². The molecule has 1 fully saturated rings. The second-order valence-corrected chi connectivity index (χ2v) is 4.39. The number of aliphatic hydroxyl groups excluding tert-OH is 1. The van der Waals surface area contributed by atoms with Gasteiger partial charge in [-0.1, -0.05) is 37.3 Å². The number of aliphatic hydroxyl groups is 1. The third kappa shape index (κ3) is 2.39. The fourth-order valence-electron chi connectivity index (χ4n) is 2.13. The fraction of sp³-hybridized carbons (Fsp3) is 0.538. The zero-order chi connectivity index (χ0) is 10.7. The lowest BCUT2D eigenvalue weighted by Gasteiger charge is -2.33. The first-order chi connectivity index (χ1) is 7.31. The zero-order valence-corrected chi connectivity index (χ0v) is 9.10. The maximum Gasteiger partial charge on any atom is 0.0828 e. The molecule has 1 heterocycles. The number of hydrogen-bond donors (Lipinski definition) is 1. The van der Waals surface area contributed by atoms with Crippen molar-refractivity contribution >= 4 is 0 Å². The Morgan fingerprint density at radius 3 is 2.73 bits per heavy atom. The molecule has 2 nitrogen and oxygen atoms in total. The van der Waals surface area contributed by atoms with Gasteiger partial charge in [0.05, 0.1) is 12.7 Å². The lowest BCUT2D eigenvalue weighted by atomic mass is 9.85. The minimum Gasteiger partial charge on any atom is -0.396 e. The number of hydrogen-bond acceptors (Lipinski definition) is 2. The van der Waals surface area contributed by atoms with E-state index in [1.807, 2.05) is 18.2 Å². The SMILES string of the molecule is CC1COC(c2ccccc2)C[C@H]1CO. The molecular weight excluding hydrogens is 188 g/mol. The molecule has 15 heavy (non-hydrogen) atoms. The molecule has 2 rings (SSSR count). The van der Waals surface area contributed by atoms with Gasteiger partial charge in [-0.25, -0.2) is 0 Å². The van der Waals surface area contributed by atoms with Crippen LogP contribution in [0.4, 0.5) is 0 Å². The minimum atomic E-state index is 0.166. The van der Waals surface area contributed by atoms with Crippen LogP contribution >= 0.6 is 0 Å². The van der Waals surface area contributed by atoms with Crippen molar-refractivity contribution in [2.24, 2.45) is 11.8 Å². The monoisotopic (exact) mass is 206 g/mol. The molecule has 0 aliphatic carbocycles. The lowest BCUT2D eigenvalue weighted by molar-refractivity contribution is -0.0556. The van der Waals surface area contributed by atoms with Gasteiger partial charge in [-0.05, 0) is 23.8 Å². The van der Waals surface area contributed by atoms with Gasteiger partial charge in [-0.15, -0.1) is 0 Å². The third-order valence-corrected chi connectivity index (χ3v) is 3.29. The molecule has 82 valence electrons. The summed E-state index contributed by atoms with van der Waals surface area (Å²) in [5.74, 6) is 0.846. The third-order valence-electron chi connectivity index (χ3n) is 3.29. The van der Waals surface area contributed by atoms with Crippen LogP contribution in [0.5, 0.6) is 0 Å². The van der Waals surface area contributed by atoms with E-state index in [0.717, 1.165) is 13.0 Å². The number of rotatable bonds is 2. The van der Waals surface area contributed by atoms with Crippen molar-refractivity contribution in [2.75, 3.05) is 13.2 Å². The predicted molar refractivity (Wildman–Crippen MR) is 59.5 cm³/mol. The topological polar surface area (TPSA) is 29.5 Å².